The average Bonchev–Trinajstić information content (AvgIpc) is 2.49. The Morgan fingerprint density at radius 3 is 2.17 bits per heavy atom. The van der Waals surface area contributed by atoms with Crippen molar-refractivity contribution in [3.05, 3.63) is 59.1 Å². The second kappa shape index (κ2) is 7.97. The zero-order chi connectivity index (χ0) is 16.7. The zero-order valence-electron chi connectivity index (χ0n) is 12.2. The molecule has 2 N–H and O–H groups in total. The van der Waals surface area contributed by atoms with E-state index in [9.17, 15) is 9.59 Å². The number of amides is 2. The Hall–Kier alpha value is -2.84. The van der Waals surface area contributed by atoms with Crippen molar-refractivity contribution in [1.29, 1.82) is 5.26 Å². The fraction of sp³-hybridized carbons (Fsp3) is 0.118. The fourth-order valence-electron chi connectivity index (χ4n) is 1.95. The second-order valence-corrected chi connectivity index (χ2v) is 5.25. The lowest BCUT2D eigenvalue weighted by atomic mass is 10.1. The number of rotatable bonds is 5. The van der Waals surface area contributed by atoms with Crippen LogP contribution < -0.4 is 10.6 Å². The highest BCUT2D eigenvalue weighted by atomic mass is 35.5. The first kappa shape index (κ1) is 16.5. The quantitative estimate of drug-likeness (QED) is 0.883. The van der Waals surface area contributed by atoms with E-state index in [1.54, 1.807) is 48.5 Å². The van der Waals surface area contributed by atoms with Crippen molar-refractivity contribution in [2.75, 3.05) is 10.6 Å². The monoisotopic (exact) mass is 327 g/mol. The summed E-state index contributed by atoms with van der Waals surface area (Å²) >= 11 is 5.88. The van der Waals surface area contributed by atoms with Crippen LogP contribution in [-0.2, 0) is 16.0 Å². The number of carbonyl (C=O) groups excluding carboxylic acids is 2. The first-order valence-electron chi connectivity index (χ1n) is 6.88. The van der Waals surface area contributed by atoms with Crippen molar-refractivity contribution < 1.29 is 9.59 Å². The number of anilines is 2. The van der Waals surface area contributed by atoms with Gasteiger partial charge in [-0.3, -0.25) is 9.59 Å². The van der Waals surface area contributed by atoms with Gasteiger partial charge in [-0.1, -0.05) is 23.7 Å². The van der Waals surface area contributed by atoms with Crippen molar-refractivity contribution in [3.63, 3.8) is 0 Å². The zero-order valence-corrected chi connectivity index (χ0v) is 12.9. The average molecular weight is 328 g/mol. The topological polar surface area (TPSA) is 82.0 Å². The number of hydrogen-bond donors (Lipinski definition) is 2. The Morgan fingerprint density at radius 1 is 1.00 bits per heavy atom. The van der Waals surface area contributed by atoms with Gasteiger partial charge in [-0.15, -0.1) is 0 Å². The van der Waals surface area contributed by atoms with Gasteiger partial charge in [0.15, 0.2) is 0 Å². The predicted octanol–water partition coefficient (Wildman–Crippen LogP) is 3.37. The Morgan fingerprint density at radius 2 is 1.61 bits per heavy atom. The number of nitrogens with one attached hydrogen (secondary N) is 2. The molecule has 0 unspecified atom stereocenters. The molecule has 0 aromatic heterocycles. The van der Waals surface area contributed by atoms with E-state index in [4.69, 9.17) is 16.9 Å². The molecule has 2 rings (SSSR count). The number of benzene rings is 2. The molecule has 0 aliphatic heterocycles. The second-order valence-electron chi connectivity index (χ2n) is 4.82. The van der Waals surface area contributed by atoms with E-state index in [1.165, 1.54) is 0 Å². The van der Waals surface area contributed by atoms with Crippen molar-refractivity contribution in [2.24, 2.45) is 0 Å². The third-order valence-electron chi connectivity index (χ3n) is 2.95. The highest BCUT2D eigenvalue weighted by Gasteiger charge is 2.05. The lowest BCUT2D eigenvalue weighted by molar-refractivity contribution is -0.116. The van der Waals surface area contributed by atoms with Gasteiger partial charge in [0.1, 0.15) is 6.42 Å². The van der Waals surface area contributed by atoms with E-state index in [0.717, 1.165) is 5.56 Å². The summed E-state index contributed by atoms with van der Waals surface area (Å²) in [4.78, 5) is 23.3. The molecule has 0 spiro atoms. The molecule has 2 aromatic rings. The van der Waals surface area contributed by atoms with E-state index in [0.29, 0.717) is 16.4 Å². The SMILES string of the molecule is N#CCC(=O)Nc1ccc(NC(=O)Cc2cccc(Cl)c2)cc1. The van der Waals surface area contributed by atoms with Gasteiger partial charge in [0.05, 0.1) is 12.5 Å². The summed E-state index contributed by atoms with van der Waals surface area (Å²) in [5.74, 6) is -0.529. The molecule has 0 radical (unpaired) electrons. The molecule has 0 saturated carbocycles. The molecule has 2 aromatic carbocycles. The van der Waals surface area contributed by atoms with Crippen molar-refractivity contribution in [3.8, 4) is 6.07 Å². The van der Waals surface area contributed by atoms with Crippen LogP contribution in [0.5, 0.6) is 0 Å². The van der Waals surface area contributed by atoms with Gasteiger partial charge < -0.3 is 10.6 Å². The number of hydrogen-bond acceptors (Lipinski definition) is 3. The van der Waals surface area contributed by atoms with Crippen LogP contribution in [0.15, 0.2) is 48.5 Å². The molecule has 116 valence electrons. The normalized spacial score (nSPS) is 9.74. The molecule has 0 fully saturated rings. The maximum atomic E-state index is 12.0. The fourth-order valence-corrected chi connectivity index (χ4v) is 2.16. The standard InChI is InChI=1S/C17H14ClN3O2/c18-13-3-1-2-12(10-13)11-17(23)21-15-6-4-14(5-7-15)20-16(22)8-9-19/h1-7,10H,8,11H2,(H,20,22)(H,21,23). The number of carbonyl (C=O) groups is 2. The maximum Gasteiger partial charge on any atom is 0.238 e. The Balaban J connectivity index is 1.91. The minimum Gasteiger partial charge on any atom is -0.326 e. The molecule has 0 atom stereocenters. The van der Waals surface area contributed by atoms with E-state index in [1.807, 2.05) is 6.07 Å². The van der Waals surface area contributed by atoms with Crippen LogP contribution in [0, 0.1) is 11.3 Å². The maximum absolute atomic E-state index is 12.0. The summed E-state index contributed by atoms with van der Waals surface area (Å²) in [7, 11) is 0. The van der Waals surface area contributed by atoms with E-state index >= 15 is 0 Å². The van der Waals surface area contributed by atoms with Gasteiger partial charge in [0.25, 0.3) is 0 Å². The van der Waals surface area contributed by atoms with Crippen molar-refractivity contribution in [2.45, 2.75) is 12.8 Å². The first-order chi connectivity index (χ1) is 11.1. The van der Waals surface area contributed by atoms with Gasteiger partial charge in [-0.05, 0) is 42.0 Å². The molecule has 23 heavy (non-hydrogen) atoms. The number of nitriles is 1. The van der Waals surface area contributed by atoms with Gasteiger partial charge in [0, 0.05) is 16.4 Å². The lowest BCUT2D eigenvalue weighted by Gasteiger charge is -2.07. The molecule has 5 nitrogen and oxygen atoms in total. The van der Waals surface area contributed by atoms with Crippen LogP contribution in [0.1, 0.15) is 12.0 Å². The van der Waals surface area contributed by atoms with Crippen molar-refractivity contribution in [1.82, 2.24) is 0 Å². The minimum atomic E-state index is -0.370. The lowest BCUT2D eigenvalue weighted by Crippen LogP contribution is -2.14. The summed E-state index contributed by atoms with van der Waals surface area (Å²) in [6.07, 6.45) is 0.0271. The summed E-state index contributed by atoms with van der Waals surface area (Å²) in [6.45, 7) is 0. The first-order valence-corrected chi connectivity index (χ1v) is 7.26. The van der Waals surface area contributed by atoms with Gasteiger partial charge in [-0.25, -0.2) is 0 Å². The van der Waals surface area contributed by atoms with Crippen LogP contribution in [-0.4, -0.2) is 11.8 Å². The van der Waals surface area contributed by atoms with Gasteiger partial charge >= 0.3 is 0 Å². The molecule has 0 aliphatic carbocycles. The predicted molar refractivity (Wildman–Crippen MR) is 89.1 cm³/mol. The van der Waals surface area contributed by atoms with Gasteiger partial charge in [-0.2, -0.15) is 5.26 Å². The summed E-state index contributed by atoms with van der Waals surface area (Å²) in [5.41, 5.74) is 2.02. The Kier molecular flexibility index (Phi) is 5.73. The molecular weight excluding hydrogens is 314 g/mol. The van der Waals surface area contributed by atoms with Crippen molar-refractivity contribution >= 4 is 34.8 Å². The third-order valence-corrected chi connectivity index (χ3v) is 3.18. The van der Waals surface area contributed by atoms with Crippen LogP contribution in [0.2, 0.25) is 5.02 Å². The van der Waals surface area contributed by atoms with E-state index < -0.39 is 0 Å². The Labute approximate surface area is 138 Å². The van der Waals surface area contributed by atoms with Crippen LogP contribution in [0.3, 0.4) is 0 Å². The molecule has 2 amide bonds. The van der Waals surface area contributed by atoms with Crippen LogP contribution in [0.25, 0.3) is 0 Å². The molecule has 0 saturated heterocycles. The highest BCUT2D eigenvalue weighted by Crippen LogP contribution is 2.15. The summed E-state index contributed by atoms with van der Waals surface area (Å²) < 4.78 is 0. The largest absolute Gasteiger partial charge is 0.326 e. The minimum absolute atomic E-state index is 0.159. The number of nitrogens with zero attached hydrogens (tertiary/aromatic N) is 1. The van der Waals surface area contributed by atoms with E-state index in [2.05, 4.69) is 10.6 Å². The van der Waals surface area contributed by atoms with Crippen LogP contribution in [0.4, 0.5) is 11.4 Å². The number of halogens is 1. The smallest absolute Gasteiger partial charge is 0.238 e. The van der Waals surface area contributed by atoms with E-state index in [-0.39, 0.29) is 24.7 Å². The molecule has 0 bridgehead atoms. The van der Waals surface area contributed by atoms with Gasteiger partial charge in [0.2, 0.25) is 11.8 Å². The molecule has 0 aliphatic rings. The van der Waals surface area contributed by atoms with Crippen LogP contribution >= 0.6 is 11.6 Å². The third kappa shape index (κ3) is 5.46. The Bertz CT molecular complexity index is 751. The summed E-state index contributed by atoms with van der Waals surface area (Å²) in [5, 5.41) is 14.4. The molecule has 6 heteroatoms. The highest BCUT2D eigenvalue weighted by molar-refractivity contribution is 6.30. The molecule has 0 heterocycles. The summed E-state index contributed by atoms with van der Waals surface area (Å²) in [6, 6.07) is 15.6. The molecular formula is C17H14ClN3O2.